The molecule has 5 nitrogen and oxygen atoms in total. The predicted octanol–water partition coefficient (Wildman–Crippen LogP) is 4.48. The number of piperidine rings is 1. The van der Waals surface area contributed by atoms with Crippen molar-refractivity contribution in [2.45, 2.75) is 32.3 Å². The molecule has 0 unspecified atom stereocenters. The van der Waals surface area contributed by atoms with E-state index in [9.17, 15) is 0 Å². The van der Waals surface area contributed by atoms with Crippen molar-refractivity contribution in [2.75, 3.05) is 25.9 Å². The molecule has 1 saturated heterocycles. The second kappa shape index (κ2) is 8.29. The molecule has 3 heterocycles. The molecule has 4 rings (SSSR count). The van der Waals surface area contributed by atoms with Crippen molar-refractivity contribution in [2.24, 2.45) is 0 Å². The predicted molar refractivity (Wildman–Crippen MR) is 115 cm³/mol. The van der Waals surface area contributed by atoms with E-state index in [1.165, 1.54) is 23.4 Å². The minimum absolute atomic E-state index is 0.413. The molecule has 0 atom stereocenters. The maximum atomic E-state index is 6.04. The van der Waals surface area contributed by atoms with Gasteiger partial charge in [-0.2, -0.15) is 0 Å². The van der Waals surface area contributed by atoms with Gasteiger partial charge in [-0.15, -0.1) is 11.3 Å². The number of likely N-dealkylation sites (tertiary alicyclic amines) is 1. The van der Waals surface area contributed by atoms with Crippen LogP contribution >= 0.6 is 11.3 Å². The molecule has 6 heteroatoms. The van der Waals surface area contributed by atoms with E-state index in [2.05, 4.69) is 48.1 Å². The first-order chi connectivity index (χ1) is 13.6. The van der Waals surface area contributed by atoms with Crippen LogP contribution in [-0.2, 0) is 6.61 Å². The highest BCUT2D eigenvalue weighted by atomic mass is 32.1. The molecule has 3 aromatic rings. The third-order valence-electron chi connectivity index (χ3n) is 5.27. The second-order valence-corrected chi connectivity index (χ2v) is 8.58. The zero-order chi connectivity index (χ0) is 19.5. The molecule has 1 fully saturated rings. The molecule has 28 heavy (non-hydrogen) atoms. The van der Waals surface area contributed by atoms with Crippen LogP contribution in [0.15, 0.2) is 42.7 Å². The number of aromatic nitrogens is 2. The summed E-state index contributed by atoms with van der Waals surface area (Å²) in [5.41, 5.74) is 9.39. The van der Waals surface area contributed by atoms with E-state index in [1.807, 2.05) is 12.3 Å². The lowest BCUT2D eigenvalue weighted by Gasteiger charge is -2.27. The Morgan fingerprint density at radius 1 is 1.14 bits per heavy atom. The average molecular weight is 395 g/mol. The normalized spacial score (nSPS) is 15.6. The van der Waals surface area contributed by atoms with Gasteiger partial charge in [0.1, 0.15) is 6.61 Å². The molecule has 0 amide bonds. The van der Waals surface area contributed by atoms with Crippen molar-refractivity contribution in [3.8, 4) is 16.2 Å². The quantitative estimate of drug-likeness (QED) is 0.691. The molecule has 1 aliphatic rings. The third kappa shape index (κ3) is 4.34. The topological polar surface area (TPSA) is 64.3 Å². The number of pyridine rings is 1. The van der Waals surface area contributed by atoms with Crippen molar-refractivity contribution in [3.63, 3.8) is 0 Å². The lowest BCUT2D eigenvalue weighted by molar-refractivity contribution is 0.255. The zero-order valence-electron chi connectivity index (χ0n) is 16.4. The number of nitrogens with two attached hydrogens (primary N) is 1. The Kier molecular flexibility index (Phi) is 5.59. The maximum Gasteiger partial charge on any atom is 0.166 e. The number of thiazole rings is 1. The summed E-state index contributed by atoms with van der Waals surface area (Å²) in [5.74, 6) is 1.59. The molecular formula is C22H26N4OS. The van der Waals surface area contributed by atoms with Gasteiger partial charge < -0.3 is 15.4 Å². The van der Waals surface area contributed by atoms with Crippen LogP contribution in [0.4, 0.5) is 5.82 Å². The summed E-state index contributed by atoms with van der Waals surface area (Å²) in [4.78, 5) is 12.5. The van der Waals surface area contributed by atoms with Gasteiger partial charge in [0.05, 0.1) is 9.88 Å². The summed E-state index contributed by atoms with van der Waals surface area (Å²) < 4.78 is 5.95. The van der Waals surface area contributed by atoms with Gasteiger partial charge in [0, 0.05) is 23.9 Å². The lowest BCUT2D eigenvalue weighted by atomic mass is 9.98. The Balaban J connectivity index is 1.48. The van der Waals surface area contributed by atoms with Crippen LogP contribution < -0.4 is 10.5 Å². The molecule has 1 aliphatic heterocycles. The molecule has 0 bridgehead atoms. The Labute approximate surface area is 170 Å². The summed E-state index contributed by atoms with van der Waals surface area (Å²) >= 11 is 1.76. The largest absolute Gasteiger partial charge is 0.485 e. The van der Waals surface area contributed by atoms with Crippen molar-refractivity contribution < 1.29 is 4.74 Å². The number of ether oxygens (including phenoxy) is 1. The van der Waals surface area contributed by atoms with Crippen LogP contribution in [0.25, 0.3) is 10.4 Å². The minimum Gasteiger partial charge on any atom is -0.485 e. The van der Waals surface area contributed by atoms with Crippen LogP contribution in [0, 0.1) is 6.92 Å². The van der Waals surface area contributed by atoms with E-state index in [-0.39, 0.29) is 0 Å². The Morgan fingerprint density at radius 3 is 2.64 bits per heavy atom. The lowest BCUT2D eigenvalue weighted by Crippen LogP contribution is -2.29. The fraction of sp³-hybridized carbons (Fsp3) is 0.364. The molecule has 1 aromatic carbocycles. The van der Waals surface area contributed by atoms with E-state index in [1.54, 1.807) is 17.5 Å². The van der Waals surface area contributed by atoms with Crippen molar-refractivity contribution >= 4 is 17.2 Å². The standard InChI is InChI=1S/C22H26N4OS/c1-15-3-5-16(6-4-15)14-27-19-11-18(12-24-21(19)23)20-13-25-22(28-20)17-7-9-26(2)10-8-17/h3-6,11-13,17H,7-10,14H2,1-2H3,(H2,23,24). The van der Waals surface area contributed by atoms with Crippen LogP contribution in [0.2, 0.25) is 0 Å². The van der Waals surface area contributed by atoms with Crippen LogP contribution in [0.5, 0.6) is 5.75 Å². The second-order valence-electron chi connectivity index (χ2n) is 7.52. The van der Waals surface area contributed by atoms with Crippen molar-refractivity contribution in [1.29, 1.82) is 0 Å². The molecule has 2 N–H and O–H groups in total. The van der Waals surface area contributed by atoms with Gasteiger partial charge in [0.2, 0.25) is 0 Å². The van der Waals surface area contributed by atoms with Gasteiger partial charge in [0.15, 0.2) is 11.6 Å². The number of anilines is 1. The molecular weight excluding hydrogens is 368 g/mol. The molecule has 0 aliphatic carbocycles. The Hall–Kier alpha value is -2.44. The number of rotatable bonds is 5. The zero-order valence-corrected chi connectivity index (χ0v) is 17.2. The first kappa shape index (κ1) is 18.9. The monoisotopic (exact) mass is 394 g/mol. The van der Waals surface area contributed by atoms with Crippen LogP contribution in [-0.4, -0.2) is 35.0 Å². The highest BCUT2D eigenvalue weighted by Gasteiger charge is 2.21. The molecule has 0 radical (unpaired) electrons. The highest BCUT2D eigenvalue weighted by Crippen LogP contribution is 2.36. The first-order valence-electron chi connectivity index (χ1n) is 9.67. The molecule has 2 aromatic heterocycles. The van der Waals surface area contributed by atoms with Crippen molar-refractivity contribution in [3.05, 3.63) is 58.9 Å². The minimum atomic E-state index is 0.413. The van der Waals surface area contributed by atoms with Gasteiger partial charge in [-0.1, -0.05) is 29.8 Å². The SMILES string of the molecule is Cc1ccc(COc2cc(-c3cnc(C4CCN(C)CC4)s3)cnc2N)cc1. The first-order valence-corrected chi connectivity index (χ1v) is 10.5. The van der Waals surface area contributed by atoms with E-state index < -0.39 is 0 Å². The average Bonchev–Trinajstić information content (AvgIpc) is 3.19. The van der Waals surface area contributed by atoms with Gasteiger partial charge in [-0.25, -0.2) is 9.97 Å². The third-order valence-corrected chi connectivity index (χ3v) is 6.48. The molecule has 0 saturated carbocycles. The van der Waals surface area contributed by atoms with Gasteiger partial charge >= 0.3 is 0 Å². The number of aryl methyl sites for hydroxylation is 1. The van der Waals surface area contributed by atoms with Gasteiger partial charge in [-0.05, 0) is 51.5 Å². The number of nitrogens with zero attached hydrogens (tertiary/aromatic N) is 3. The van der Waals surface area contributed by atoms with Gasteiger partial charge in [-0.3, -0.25) is 0 Å². The van der Waals surface area contributed by atoms with Crippen molar-refractivity contribution in [1.82, 2.24) is 14.9 Å². The number of nitrogen functional groups attached to an aromatic ring is 1. The number of benzene rings is 1. The summed E-state index contributed by atoms with van der Waals surface area (Å²) in [6, 6.07) is 10.3. The van der Waals surface area contributed by atoms with Crippen LogP contribution in [0.3, 0.4) is 0 Å². The van der Waals surface area contributed by atoms with Gasteiger partial charge in [0.25, 0.3) is 0 Å². The highest BCUT2D eigenvalue weighted by molar-refractivity contribution is 7.15. The summed E-state index contributed by atoms with van der Waals surface area (Å²) in [6.45, 7) is 4.82. The molecule has 146 valence electrons. The summed E-state index contributed by atoms with van der Waals surface area (Å²) in [7, 11) is 2.18. The summed E-state index contributed by atoms with van der Waals surface area (Å²) in [5, 5.41) is 1.22. The Bertz CT molecular complexity index is 930. The Morgan fingerprint density at radius 2 is 1.89 bits per heavy atom. The van der Waals surface area contributed by atoms with E-state index in [4.69, 9.17) is 15.5 Å². The smallest absolute Gasteiger partial charge is 0.166 e. The van der Waals surface area contributed by atoms with E-state index in [0.29, 0.717) is 24.1 Å². The van der Waals surface area contributed by atoms with E-state index >= 15 is 0 Å². The molecule has 0 spiro atoms. The maximum absolute atomic E-state index is 6.04. The van der Waals surface area contributed by atoms with Crippen LogP contribution in [0.1, 0.15) is 34.9 Å². The summed E-state index contributed by atoms with van der Waals surface area (Å²) in [6.07, 6.45) is 6.11. The number of hydrogen-bond donors (Lipinski definition) is 1. The fourth-order valence-corrected chi connectivity index (χ4v) is 4.48. The van der Waals surface area contributed by atoms with E-state index in [0.717, 1.165) is 29.1 Å². The fourth-order valence-electron chi connectivity index (χ4n) is 3.42. The number of hydrogen-bond acceptors (Lipinski definition) is 6.